The molecule has 1 aromatic carbocycles. The van der Waals surface area contributed by atoms with Crippen molar-refractivity contribution in [1.29, 1.82) is 0 Å². The van der Waals surface area contributed by atoms with Gasteiger partial charge in [0, 0.05) is 6.20 Å². The van der Waals surface area contributed by atoms with Crippen LogP contribution < -0.4 is 5.32 Å². The molecule has 108 valence electrons. The van der Waals surface area contributed by atoms with E-state index in [9.17, 15) is 23.7 Å². The number of pyridine rings is 1. The van der Waals surface area contributed by atoms with E-state index in [1.807, 2.05) is 0 Å². The molecule has 1 N–H and O–H groups in total. The fourth-order valence-corrected chi connectivity index (χ4v) is 1.58. The topological polar surface area (TPSA) is 85.1 Å². The van der Waals surface area contributed by atoms with E-state index in [0.29, 0.717) is 12.1 Å². The third kappa shape index (κ3) is 3.16. The van der Waals surface area contributed by atoms with Gasteiger partial charge in [0.15, 0.2) is 0 Å². The first-order valence-electron chi connectivity index (χ1n) is 5.76. The largest absolute Gasteiger partial charge is 0.307 e. The molecule has 1 aromatic heterocycles. The van der Waals surface area contributed by atoms with E-state index >= 15 is 0 Å². The average molecular weight is 293 g/mol. The Balaban J connectivity index is 2.29. The number of nitrogens with zero attached hydrogens (tertiary/aromatic N) is 2. The zero-order valence-corrected chi connectivity index (χ0v) is 10.8. The first-order chi connectivity index (χ1) is 9.88. The summed E-state index contributed by atoms with van der Waals surface area (Å²) in [5, 5.41) is 12.7. The Morgan fingerprint density at radius 1 is 1.29 bits per heavy atom. The Morgan fingerprint density at radius 2 is 2.00 bits per heavy atom. The van der Waals surface area contributed by atoms with E-state index < -0.39 is 33.7 Å². The fraction of sp³-hybridized carbons (Fsp3) is 0.0769. The van der Waals surface area contributed by atoms with E-state index in [1.165, 1.54) is 12.3 Å². The number of carbonyl (C=O) groups excluding carboxylic acids is 1. The highest BCUT2D eigenvalue weighted by molar-refractivity contribution is 6.04. The number of amides is 1. The molecule has 0 unspecified atom stereocenters. The molecule has 0 atom stereocenters. The molecular weight excluding hydrogens is 284 g/mol. The van der Waals surface area contributed by atoms with Gasteiger partial charge in [-0.2, -0.15) is 4.39 Å². The molecular formula is C13H9F2N3O3. The summed E-state index contributed by atoms with van der Waals surface area (Å²) in [7, 11) is 0. The third-order valence-corrected chi connectivity index (χ3v) is 2.63. The molecule has 0 saturated heterocycles. The van der Waals surface area contributed by atoms with Crippen LogP contribution in [0.25, 0.3) is 0 Å². The van der Waals surface area contributed by atoms with E-state index in [1.54, 1.807) is 13.0 Å². The molecule has 0 bridgehead atoms. The molecule has 0 saturated carbocycles. The van der Waals surface area contributed by atoms with Crippen LogP contribution in [0.4, 0.5) is 20.3 Å². The minimum absolute atomic E-state index is 0.156. The van der Waals surface area contributed by atoms with Gasteiger partial charge in [0.2, 0.25) is 5.82 Å². The second kappa shape index (κ2) is 5.61. The monoisotopic (exact) mass is 293 g/mol. The van der Waals surface area contributed by atoms with Crippen molar-refractivity contribution in [2.24, 2.45) is 0 Å². The van der Waals surface area contributed by atoms with Gasteiger partial charge in [-0.1, -0.05) is 6.07 Å². The van der Waals surface area contributed by atoms with Crippen molar-refractivity contribution in [2.45, 2.75) is 6.92 Å². The maximum absolute atomic E-state index is 13.7. The van der Waals surface area contributed by atoms with Gasteiger partial charge < -0.3 is 5.32 Å². The van der Waals surface area contributed by atoms with Crippen molar-refractivity contribution in [3.8, 4) is 0 Å². The number of hydrogen-bond acceptors (Lipinski definition) is 4. The number of aromatic nitrogens is 1. The van der Waals surface area contributed by atoms with E-state index in [0.717, 1.165) is 5.56 Å². The highest BCUT2D eigenvalue weighted by Crippen LogP contribution is 2.22. The van der Waals surface area contributed by atoms with Gasteiger partial charge >= 0.3 is 5.69 Å². The number of carbonyl (C=O) groups is 1. The molecule has 2 aromatic rings. The highest BCUT2D eigenvalue weighted by Gasteiger charge is 2.22. The number of nitrogens with one attached hydrogen (secondary N) is 1. The smallest absolute Gasteiger partial charge is 0.306 e. The summed E-state index contributed by atoms with van der Waals surface area (Å²) >= 11 is 0. The predicted molar refractivity (Wildman–Crippen MR) is 69.9 cm³/mol. The van der Waals surface area contributed by atoms with Crippen LogP contribution in [0.5, 0.6) is 0 Å². The number of halogens is 2. The maximum Gasteiger partial charge on any atom is 0.307 e. The SMILES string of the molecule is Cc1ccc(NC(=O)c2cc(F)c([N+](=O)[O-])cc2F)nc1. The molecule has 8 heteroatoms. The number of nitro benzene ring substituents is 1. The van der Waals surface area contributed by atoms with Crippen molar-refractivity contribution in [3.63, 3.8) is 0 Å². The van der Waals surface area contributed by atoms with Gasteiger partial charge in [-0.15, -0.1) is 0 Å². The number of rotatable bonds is 3. The van der Waals surface area contributed by atoms with E-state index in [-0.39, 0.29) is 5.82 Å². The first kappa shape index (κ1) is 14.5. The zero-order valence-electron chi connectivity index (χ0n) is 10.8. The molecule has 1 heterocycles. The van der Waals surface area contributed by atoms with E-state index in [2.05, 4.69) is 10.3 Å². The Morgan fingerprint density at radius 3 is 2.57 bits per heavy atom. The molecule has 1 amide bonds. The standard InChI is InChI=1S/C13H9F2N3O3/c1-7-2-3-12(16-6-7)17-13(19)8-4-10(15)11(18(20)21)5-9(8)14/h2-6H,1H3,(H,16,17,19). The molecule has 0 aliphatic carbocycles. The minimum Gasteiger partial charge on any atom is -0.306 e. The summed E-state index contributed by atoms with van der Waals surface area (Å²) in [4.78, 5) is 25.1. The van der Waals surface area contributed by atoms with Crippen LogP contribution in [0.2, 0.25) is 0 Å². The second-order valence-corrected chi connectivity index (χ2v) is 4.22. The van der Waals surface area contributed by atoms with Gasteiger partial charge in [-0.25, -0.2) is 9.37 Å². The van der Waals surface area contributed by atoms with Gasteiger partial charge in [-0.05, 0) is 24.6 Å². The Kier molecular flexibility index (Phi) is 3.88. The normalized spacial score (nSPS) is 10.2. The fourth-order valence-electron chi connectivity index (χ4n) is 1.58. The van der Waals surface area contributed by atoms with Gasteiger partial charge in [0.25, 0.3) is 5.91 Å². The lowest BCUT2D eigenvalue weighted by Gasteiger charge is -2.06. The molecule has 2 rings (SSSR count). The average Bonchev–Trinajstić information content (AvgIpc) is 2.43. The predicted octanol–water partition coefficient (Wildman–Crippen LogP) is 2.83. The number of hydrogen-bond donors (Lipinski definition) is 1. The van der Waals surface area contributed by atoms with Gasteiger partial charge in [-0.3, -0.25) is 14.9 Å². The van der Waals surface area contributed by atoms with Gasteiger partial charge in [0.05, 0.1) is 16.6 Å². The second-order valence-electron chi connectivity index (χ2n) is 4.22. The Hall–Kier alpha value is -2.90. The van der Waals surface area contributed by atoms with E-state index in [4.69, 9.17) is 0 Å². The van der Waals surface area contributed by atoms with Crippen molar-refractivity contribution in [3.05, 3.63) is 63.3 Å². The Labute approximate surface area is 117 Å². The summed E-state index contributed by atoms with van der Waals surface area (Å²) < 4.78 is 27.1. The van der Waals surface area contributed by atoms with Crippen molar-refractivity contribution in [1.82, 2.24) is 4.98 Å². The van der Waals surface area contributed by atoms with Crippen molar-refractivity contribution in [2.75, 3.05) is 5.32 Å². The van der Waals surface area contributed by atoms with Crippen LogP contribution >= 0.6 is 0 Å². The van der Waals surface area contributed by atoms with Crippen LogP contribution in [-0.2, 0) is 0 Å². The minimum atomic E-state index is -1.29. The van der Waals surface area contributed by atoms with Crippen LogP contribution in [0.1, 0.15) is 15.9 Å². The van der Waals surface area contributed by atoms with Crippen LogP contribution in [-0.4, -0.2) is 15.8 Å². The molecule has 0 spiro atoms. The maximum atomic E-state index is 13.7. The number of aryl methyl sites for hydroxylation is 1. The van der Waals surface area contributed by atoms with Crippen molar-refractivity contribution < 1.29 is 18.5 Å². The summed E-state index contributed by atoms with van der Waals surface area (Å²) in [5.74, 6) is -3.27. The summed E-state index contributed by atoms with van der Waals surface area (Å²) in [5.41, 5.74) is -0.807. The lowest BCUT2D eigenvalue weighted by Crippen LogP contribution is -2.15. The van der Waals surface area contributed by atoms with Crippen LogP contribution in [0.15, 0.2) is 30.5 Å². The molecule has 0 aliphatic rings. The number of anilines is 1. The lowest BCUT2D eigenvalue weighted by atomic mass is 10.1. The number of benzene rings is 1. The third-order valence-electron chi connectivity index (χ3n) is 2.63. The summed E-state index contributed by atoms with van der Waals surface area (Å²) in [6.45, 7) is 1.80. The lowest BCUT2D eigenvalue weighted by molar-refractivity contribution is -0.387. The summed E-state index contributed by atoms with van der Waals surface area (Å²) in [6, 6.07) is 4.02. The number of nitro groups is 1. The Bertz CT molecular complexity index is 717. The molecule has 0 aliphatic heterocycles. The zero-order chi connectivity index (χ0) is 15.6. The molecule has 0 fully saturated rings. The van der Waals surface area contributed by atoms with Crippen LogP contribution in [0.3, 0.4) is 0 Å². The quantitative estimate of drug-likeness (QED) is 0.696. The molecule has 0 radical (unpaired) electrons. The van der Waals surface area contributed by atoms with Gasteiger partial charge in [0.1, 0.15) is 11.6 Å². The first-order valence-corrected chi connectivity index (χ1v) is 5.76. The van der Waals surface area contributed by atoms with Crippen LogP contribution in [0, 0.1) is 28.7 Å². The molecule has 6 nitrogen and oxygen atoms in total. The van der Waals surface area contributed by atoms with Crippen molar-refractivity contribution >= 4 is 17.4 Å². The molecule has 21 heavy (non-hydrogen) atoms. The summed E-state index contributed by atoms with van der Waals surface area (Å²) in [6.07, 6.45) is 1.49. The highest BCUT2D eigenvalue weighted by atomic mass is 19.1.